The second-order valence-electron chi connectivity index (χ2n) is 7.56. The van der Waals surface area contributed by atoms with E-state index >= 15 is 0 Å². The number of morpholine rings is 1. The van der Waals surface area contributed by atoms with Gasteiger partial charge in [0, 0.05) is 38.8 Å². The third kappa shape index (κ3) is 5.53. The number of nitrogens with one attached hydrogen (secondary N) is 1. The van der Waals surface area contributed by atoms with Gasteiger partial charge in [0.25, 0.3) is 5.91 Å². The summed E-state index contributed by atoms with van der Waals surface area (Å²) >= 11 is 0. The standard InChI is InChI=1S/C21H33N3O2/c1-23(10-2-3-11-24-12-14-26-15-13-24)21(25)19-7-4-6-18(16-19)20-8-5-9-22-17-20/h4,6-7,16,20,22H,2-3,5,8-15,17H2,1H3/t20-/m0/s1. The lowest BCUT2D eigenvalue weighted by Gasteiger charge is -2.27. The van der Waals surface area contributed by atoms with Gasteiger partial charge in [-0.2, -0.15) is 0 Å². The molecule has 0 saturated carbocycles. The zero-order chi connectivity index (χ0) is 18.2. The average molecular weight is 360 g/mol. The first-order valence-electron chi connectivity index (χ1n) is 10.1. The third-order valence-corrected chi connectivity index (χ3v) is 5.57. The van der Waals surface area contributed by atoms with Crippen molar-refractivity contribution in [1.82, 2.24) is 15.1 Å². The van der Waals surface area contributed by atoms with Crippen molar-refractivity contribution in [3.8, 4) is 0 Å². The van der Waals surface area contributed by atoms with E-state index in [4.69, 9.17) is 4.74 Å². The summed E-state index contributed by atoms with van der Waals surface area (Å²) in [4.78, 5) is 17.1. The summed E-state index contributed by atoms with van der Waals surface area (Å²) in [7, 11) is 1.92. The van der Waals surface area contributed by atoms with Crippen LogP contribution in [0.15, 0.2) is 24.3 Å². The molecule has 1 aromatic carbocycles. The van der Waals surface area contributed by atoms with E-state index in [2.05, 4.69) is 22.3 Å². The minimum atomic E-state index is 0.141. The molecule has 0 bridgehead atoms. The van der Waals surface area contributed by atoms with Gasteiger partial charge < -0.3 is 15.0 Å². The highest BCUT2D eigenvalue weighted by molar-refractivity contribution is 5.94. The van der Waals surface area contributed by atoms with Crippen LogP contribution in [0.25, 0.3) is 0 Å². The normalized spacial score (nSPS) is 21.5. The Balaban J connectivity index is 1.45. The first kappa shape index (κ1) is 19.3. The number of ether oxygens (including phenoxy) is 1. The van der Waals surface area contributed by atoms with Crippen molar-refractivity contribution in [2.75, 3.05) is 59.5 Å². The van der Waals surface area contributed by atoms with Crippen LogP contribution in [0.2, 0.25) is 0 Å². The Morgan fingerprint density at radius 2 is 2.15 bits per heavy atom. The van der Waals surface area contributed by atoms with Crippen LogP contribution in [-0.4, -0.2) is 75.2 Å². The first-order valence-corrected chi connectivity index (χ1v) is 10.1. The molecule has 1 atom stereocenters. The van der Waals surface area contributed by atoms with Crippen molar-refractivity contribution in [3.63, 3.8) is 0 Å². The third-order valence-electron chi connectivity index (χ3n) is 5.57. The summed E-state index contributed by atoms with van der Waals surface area (Å²) in [6, 6.07) is 8.25. The van der Waals surface area contributed by atoms with Crippen LogP contribution in [0.3, 0.4) is 0 Å². The fraction of sp³-hybridized carbons (Fsp3) is 0.667. The monoisotopic (exact) mass is 359 g/mol. The minimum absolute atomic E-state index is 0.141. The molecule has 26 heavy (non-hydrogen) atoms. The van der Waals surface area contributed by atoms with Crippen LogP contribution in [0.4, 0.5) is 0 Å². The summed E-state index contributed by atoms with van der Waals surface area (Å²) in [5.41, 5.74) is 2.12. The van der Waals surface area contributed by atoms with Crippen molar-refractivity contribution in [2.45, 2.75) is 31.6 Å². The zero-order valence-corrected chi connectivity index (χ0v) is 16.1. The quantitative estimate of drug-likeness (QED) is 0.759. The molecule has 2 aliphatic heterocycles. The minimum Gasteiger partial charge on any atom is -0.379 e. The van der Waals surface area contributed by atoms with Crippen molar-refractivity contribution in [3.05, 3.63) is 35.4 Å². The number of amides is 1. The van der Waals surface area contributed by atoms with Crippen LogP contribution in [0, 0.1) is 0 Å². The van der Waals surface area contributed by atoms with E-state index < -0.39 is 0 Å². The summed E-state index contributed by atoms with van der Waals surface area (Å²) in [5.74, 6) is 0.678. The molecule has 5 nitrogen and oxygen atoms in total. The van der Waals surface area contributed by atoms with Crippen LogP contribution in [-0.2, 0) is 4.74 Å². The van der Waals surface area contributed by atoms with Crippen LogP contribution in [0.5, 0.6) is 0 Å². The maximum absolute atomic E-state index is 12.8. The number of nitrogens with zero attached hydrogens (tertiary/aromatic N) is 2. The van der Waals surface area contributed by atoms with Gasteiger partial charge in [-0.15, -0.1) is 0 Å². The first-order chi connectivity index (χ1) is 12.7. The number of unbranched alkanes of at least 4 members (excludes halogenated alkanes) is 1. The zero-order valence-electron chi connectivity index (χ0n) is 16.1. The number of piperidine rings is 1. The molecule has 1 aromatic rings. The number of rotatable bonds is 7. The Bertz CT molecular complexity index is 566. The van der Waals surface area contributed by atoms with Crippen LogP contribution >= 0.6 is 0 Å². The molecule has 5 heteroatoms. The Labute approximate surface area is 157 Å². The number of benzene rings is 1. The van der Waals surface area contributed by atoms with E-state index in [1.165, 1.54) is 18.4 Å². The lowest BCUT2D eigenvalue weighted by atomic mass is 9.90. The summed E-state index contributed by atoms with van der Waals surface area (Å²) in [5, 5.41) is 3.46. The smallest absolute Gasteiger partial charge is 0.253 e. The number of carbonyl (C=O) groups is 1. The van der Waals surface area contributed by atoms with E-state index in [-0.39, 0.29) is 5.91 Å². The van der Waals surface area contributed by atoms with Crippen molar-refractivity contribution < 1.29 is 9.53 Å². The van der Waals surface area contributed by atoms with E-state index in [9.17, 15) is 4.79 Å². The van der Waals surface area contributed by atoms with E-state index in [1.54, 1.807) is 0 Å². The summed E-state index contributed by atoms with van der Waals surface area (Å²) in [6.45, 7) is 7.84. The van der Waals surface area contributed by atoms with E-state index in [0.717, 1.165) is 70.9 Å². The summed E-state index contributed by atoms with van der Waals surface area (Å²) < 4.78 is 5.38. The molecule has 0 aromatic heterocycles. The molecule has 0 unspecified atom stereocenters. The number of hydrogen-bond acceptors (Lipinski definition) is 4. The van der Waals surface area contributed by atoms with E-state index in [1.807, 2.05) is 24.1 Å². The van der Waals surface area contributed by atoms with Crippen molar-refractivity contribution >= 4 is 5.91 Å². The van der Waals surface area contributed by atoms with Gasteiger partial charge in [0.15, 0.2) is 0 Å². The highest BCUT2D eigenvalue weighted by Crippen LogP contribution is 2.24. The molecule has 144 valence electrons. The second-order valence-corrected chi connectivity index (χ2v) is 7.56. The molecule has 0 spiro atoms. The summed E-state index contributed by atoms with van der Waals surface area (Å²) in [6.07, 6.45) is 4.60. The van der Waals surface area contributed by atoms with Gasteiger partial charge in [0.05, 0.1) is 13.2 Å². The van der Waals surface area contributed by atoms with Crippen molar-refractivity contribution in [1.29, 1.82) is 0 Å². The molecule has 2 heterocycles. The molecule has 1 amide bonds. The Morgan fingerprint density at radius 1 is 1.31 bits per heavy atom. The van der Waals surface area contributed by atoms with E-state index in [0.29, 0.717) is 5.92 Å². The van der Waals surface area contributed by atoms with Gasteiger partial charge in [-0.05, 0) is 62.4 Å². The Morgan fingerprint density at radius 3 is 2.92 bits per heavy atom. The number of carbonyl (C=O) groups excluding carboxylic acids is 1. The Hall–Kier alpha value is -1.43. The van der Waals surface area contributed by atoms with Crippen LogP contribution < -0.4 is 5.32 Å². The van der Waals surface area contributed by atoms with Gasteiger partial charge in [0.1, 0.15) is 0 Å². The molecule has 0 radical (unpaired) electrons. The van der Waals surface area contributed by atoms with Gasteiger partial charge in [-0.3, -0.25) is 9.69 Å². The highest BCUT2D eigenvalue weighted by atomic mass is 16.5. The van der Waals surface area contributed by atoms with Crippen LogP contribution in [0.1, 0.15) is 47.5 Å². The SMILES string of the molecule is CN(CCCCN1CCOCC1)C(=O)c1cccc([C@H]2CCCNC2)c1. The molecule has 2 saturated heterocycles. The highest BCUT2D eigenvalue weighted by Gasteiger charge is 2.18. The lowest BCUT2D eigenvalue weighted by Crippen LogP contribution is -2.37. The average Bonchev–Trinajstić information content (AvgIpc) is 2.72. The Kier molecular flexibility index (Phi) is 7.47. The lowest BCUT2D eigenvalue weighted by molar-refractivity contribution is 0.0369. The fourth-order valence-electron chi connectivity index (χ4n) is 3.89. The van der Waals surface area contributed by atoms with Gasteiger partial charge in [0.2, 0.25) is 0 Å². The molecule has 1 N–H and O–H groups in total. The molecule has 0 aliphatic carbocycles. The molecule has 3 rings (SSSR count). The predicted molar refractivity (Wildman–Crippen MR) is 105 cm³/mol. The molecule has 2 aliphatic rings. The van der Waals surface area contributed by atoms with Crippen molar-refractivity contribution in [2.24, 2.45) is 0 Å². The maximum Gasteiger partial charge on any atom is 0.253 e. The predicted octanol–water partition coefficient (Wildman–Crippen LogP) is 2.34. The maximum atomic E-state index is 12.8. The van der Waals surface area contributed by atoms with Gasteiger partial charge in [-0.25, -0.2) is 0 Å². The number of hydrogen-bond donors (Lipinski definition) is 1. The fourth-order valence-corrected chi connectivity index (χ4v) is 3.89. The van der Waals surface area contributed by atoms with Gasteiger partial charge >= 0.3 is 0 Å². The molecule has 2 fully saturated rings. The largest absolute Gasteiger partial charge is 0.379 e. The van der Waals surface area contributed by atoms with Gasteiger partial charge in [-0.1, -0.05) is 12.1 Å². The second kappa shape index (κ2) is 10.0. The molecular formula is C21H33N3O2. The molecular weight excluding hydrogens is 326 g/mol. The topological polar surface area (TPSA) is 44.8 Å².